The Balaban J connectivity index is 2.21. The number of nitrogens with zero attached hydrogens (tertiary/aromatic N) is 2. The third kappa shape index (κ3) is 2.56. The molecule has 3 heteroatoms. The molecule has 1 atom stereocenters. The molecule has 2 nitrogen and oxygen atoms in total. The Kier molecular flexibility index (Phi) is 3.74. The molecule has 1 radical (unpaired) electrons. The summed E-state index contributed by atoms with van der Waals surface area (Å²) in [5.41, 5.74) is 4.24. The van der Waals surface area contributed by atoms with Crippen molar-refractivity contribution < 1.29 is 4.39 Å². The largest absolute Gasteiger partial charge is 0.240 e. The highest BCUT2D eigenvalue weighted by Gasteiger charge is 2.19. The molecule has 0 aliphatic rings. The summed E-state index contributed by atoms with van der Waals surface area (Å²) < 4.78 is 15.1. The molecule has 0 N–H and O–H groups in total. The molecule has 1 aromatic carbocycles. The Hall–Kier alpha value is -2.16. The third-order valence-corrected chi connectivity index (χ3v) is 3.78. The fourth-order valence-corrected chi connectivity index (χ4v) is 2.80. The van der Waals surface area contributed by atoms with Gasteiger partial charge in [-0.2, -0.15) is 5.10 Å². The van der Waals surface area contributed by atoms with Crippen molar-refractivity contribution in [2.75, 3.05) is 0 Å². The maximum Gasteiger partial charge on any atom is 0.123 e. The molecule has 3 rings (SSSR count). The van der Waals surface area contributed by atoms with Crippen LogP contribution in [0.15, 0.2) is 48.7 Å². The number of hydrogen-bond donors (Lipinski definition) is 0. The Morgan fingerprint density at radius 1 is 1.19 bits per heavy atom. The first-order valence-corrected chi connectivity index (χ1v) is 7.21. The fraction of sp³-hybridized carbons (Fsp3) is 0.222. The monoisotopic (exact) mass is 281 g/mol. The summed E-state index contributed by atoms with van der Waals surface area (Å²) in [4.78, 5) is 0. The number of pyridine rings is 1. The van der Waals surface area contributed by atoms with Gasteiger partial charge in [0.1, 0.15) is 5.82 Å². The molecule has 3 aromatic rings. The smallest absolute Gasteiger partial charge is 0.123 e. The highest BCUT2D eigenvalue weighted by molar-refractivity contribution is 5.73. The summed E-state index contributed by atoms with van der Waals surface area (Å²) in [6.07, 6.45) is 5.12. The fourth-order valence-electron chi connectivity index (χ4n) is 2.80. The van der Waals surface area contributed by atoms with Gasteiger partial charge in [0, 0.05) is 17.3 Å². The standard InChI is InChI=1S/C18H18FN2/c1-3-6-13(2)17-16-7-4-5-12-21(16)20-18(17)14-8-10-15(19)11-9-14/h3-5,7-13H,6H2,1-2H3. The molecule has 0 amide bonds. The Labute approximate surface area is 124 Å². The molecular formula is C18H18FN2. The number of benzene rings is 1. The summed E-state index contributed by atoms with van der Waals surface area (Å²) in [5, 5.41) is 4.70. The second-order valence-corrected chi connectivity index (χ2v) is 5.34. The van der Waals surface area contributed by atoms with Crippen LogP contribution in [0.2, 0.25) is 0 Å². The van der Waals surface area contributed by atoms with Crippen LogP contribution in [0.1, 0.15) is 31.7 Å². The van der Waals surface area contributed by atoms with Gasteiger partial charge in [0.05, 0.1) is 11.2 Å². The molecule has 1 unspecified atom stereocenters. The normalized spacial score (nSPS) is 12.7. The number of halogens is 1. The first kappa shape index (κ1) is 13.8. The first-order chi connectivity index (χ1) is 10.2. The summed E-state index contributed by atoms with van der Waals surface area (Å²) in [6, 6.07) is 12.6. The molecule has 21 heavy (non-hydrogen) atoms. The van der Waals surface area contributed by atoms with Crippen molar-refractivity contribution in [3.8, 4) is 11.3 Å². The Bertz CT molecular complexity index is 744. The van der Waals surface area contributed by atoms with E-state index in [4.69, 9.17) is 5.10 Å². The van der Waals surface area contributed by atoms with Gasteiger partial charge in [0.2, 0.25) is 0 Å². The van der Waals surface area contributed by atoms with E-state index in [9.17, 15) is 4.39 Å². The average molecular weight is 281 g/mol. The number of rotatable bonds is 4. The highest BCUT2D eigenvalue weighted by Crippen LogP contribution is 2.34. The van der Waals surface area contributed by atoms with Crippen molar-refractivity contribution in [3.63, 3.8) is 0 Å². The number of hydrogen-bond acceptors (Lipinski definition) is 1. The van der Waals surface area contributed by atoms with Gasteiger partial charge in [0.15, 0.2) is 0 Å². The van der Waals surface area contributed by atoms with Gasteiger partial charge < -0.3 is 0 Å². The Morgan fingerprint density at radius 3 is 2.67 bits per heavy atom. The summed E-state index contributed by atoms with van der Waals surface area (Å²) in [6.45, 7) is 4.27. The van der Waals surface area contributed by atoms with Crippen LogP contribution in [-0.2, 0) is 0 Å². The zero-order chi connectivity index (χ0) is 14.8. The van der Waals surface area contributed by atoms with E-state index in [1.54, 1.807) is 12.1 Å². The van der Waals surface area contributed by atoms with Crippen molar-refractivity contribution >= 4 is 5.52 Å². The van der Waals surface area contributed by atoms with Crippen molar-refractivity contribution in [3.05, 3.63) is 66.5 Å². The Morgan fingerprint density at radius 2 is 1.95 bits per heavy atom. The third-order valence-electron chi connectivity index (χ3n) is 3.78. The average Bonchev–Trinajstić information content (AvgIpc) is 2.87. The van der Waals surface area contributed by atoms with Crippen molar-refractivity contribution in [2.24, 2.45) is 0 Å². The van der Waals surface area contributed by atoms with Crippen molar-refractivity contribution in [1.29, 1.82) is 0 Å². The van der Waals surface area contributed by atoms with E-state index in [0.29, 0.717) is 5.92 Å². The minimum absolute atomic E-state index is 0.223. The van der Waals surface area contributed by atoms with E-state index in [0.717, 1.165) is 23.2 Å². The summed E-state index contributed by atoms with van der Waals surface area (Å²) >= 11 is 0. The molecule has 2 aromatic heterocycles. The van der Waals surface area contributed by atoms with E-state index in [1.807, 2.05) is 22.8 Å². The lowest BCUT2D eigenvalue weighted by atomic mass is 9.92. The van der Waals surface area contributed by atoms with Crippen LogP contribution in [0.5, 0.6) is 0 Å². The van der Waals surface area contributed by atoms with Crippen LogP contribution in [0, 0.1) is 12.2 Å². The molecule has 0 bridgehead atoms. The predicted molar refractivity (Wildman–Crippen MR) is 83.6 cm³/mol. The highest BCUT2D eigenvalue weighted by atomic mass is 19.1. The van der Waals surface area contributed by atoms with Gasteiger partial charge in [-0.05, 0) is 55.2 Å². The zero-order valence-corrected chi connectivity index (χ0v) is 12.3. The molecule has 0 aliphatic heterocycles. The molecule has 0 spiro atoms. The maximum absolute atomic E-state index is 13.2. The predicted octanol–water partition coefficient (Wildman–Crippen LogP) is 4.86. The van der Waals surface area contributed by atoms with E-state index in [-0.39, 0.29) is 5.82 Å². The quantitative estimate of drug-likeness (QED) is 0.667. The second kappa shape index (κ2) is 5.68. The van der Waals surface area contributed by atoms with Crippen molar-refractivity contribution in [2.45, 2.75) is 26.2 Å². The molecular weight excluding hydrogens is 263 g/mol. The molecule has 2 heterocycles. The van der Waals surface area contributed by atoms with Crippen molar-refractivity contribution in [1.82, 2.24) is 9.61 Å². The topological polar surface area (TPSA) is 17.3 Å². The van der Waals surface area contributed by atoms with Crippen LogP contribution in [0.25, 0.3) is 16.8 Å². The zero-order valence-electron chi connectivity index (χ0n) is 12.3. The number of fused-ring (bicyclic) bond motifs is 1. The molecule has 0 fully saturated rings. The molecule has 107 valence electrons. The van der Waals surface area contributed by atoms with E-state index in [1.165, 1.54) is 17.7 Å². The molecule has 0 aliphatic carbocycles. The lowest BCUT2D eigenvalue weighted by Gasteiger charge is -2.11. The van der Waals surface area contributed by atoms with E-state index >= 15 is 0 Å². The van der Waals surface area contributed by atoms with Crippen LogP contribution in [0.4, 0.5) is 4.39 Å². The van der Waals surface area contributed by atoms with Gasteiger partial charge >= 0.3 is 0 Å². The van der Waals surface area contributed by atoms with Gasteiger partial charge in [-0.15, -0.1) is 0 Å². The molecule has 0 saturated heterocycles. The van der Waals surface area contributed by atoms with Crippen LogP contribution in [-0.4, -0.2) is 9.61 Å². The SMILES string of the molecule is C[CH]CC(C)c1c(-c2ccc(F)cc2)nn2ccccc12. The summed E-state index contributed by atoms with van der Waals surface area (Å²) in [5.74, 6) is 0.147. The maximum atomic E-state index is 13.2. The lowest BCUT2D eigenvalue weighted by molar-refractivity contribution is 0.628. The van der Waals surface area contributed by atoms with E-state index in [2.05, 4.69) is 26.3 Å². The van der Waals surface area contributed by atoms with Crippen LogP contribution in [0.3, 0.4) is 0 Å². The summed E-state index contributed by atoms with van der Waals surface area (Å²) in [7, 11) is 0. The van der Waals surface area contributed by atoms with Gasteiger partial charge in [-0.25, -0.2) is 8.91 Å². The number of aromatic nitrogens is 2. The van der Waals surface area contributed by atoms with Crippen LogP contribution < -0.4 is 0 Å². The van der Waals surface area contributed by atoms with Gasteiger partial charge in [-0.1, -0.05) is 19.9 Å². The van der Waals surface area contributed by atoms with Gasteiger partial charge in [-0.3, -0.25) is 0 Å². The first-order valence-electron chi connectivity index (χ1n) is 7.21. The minimum atomic E-state index is -0.223. The minimum Gasteiger partial charge on any atom is -0.240 e. The lowest BCUT2D eigenvalue weighted by Crippen LogP contribution is -1.95. The van der Waals surface area contributed by atoms with Gasteiger partial charge in [0.25, 0.3) is 0 Å². The van der Waals surface area contributed by atoms with E-state index < -0.39 is 0 Å². The van der Waals surface area contributed by atoms with Crippen LogP contribution >= 0.6 is 0 Å². The molecule has 0 saturated carbocycles. The second-order valence-electron chi connectivity index (χ2n) is 5.34.